The quantitative estimate of drug-likeness (QED) is 0.279. The van der Waals surface area contributed by atoms with E-state index >= 15 is 0 Å². The molecular weight excluding hydrogens is 593 g/mol. The fourth-order valence-electron chi connectivity index (χ4n) is 5.36. The van der Waals surface area contributed by atoms with Gasteiger partial charge in [-0.25, -0.2) is 8.42 Å². The van der Waals surface area contributed by atoms with Crippen molar-refractivity contribution in [2.75, 3.05) is 17.1 Å². The third-order valence-electron chi connectivity index (χ3n) is 7.68. The van der Waals surface area contributed by atoms with Crippen LogP contribution in [0, 0.1) is 13.8 Å². The zero-order valence-corrected chi connectivity index (χ0v) is 26.5. The van der Waals surface area contributed by atoms with Gasteiger partial charge in [-0.2, -0.15) is 0 Å². The highest BCUT2D eigenvalue weighted by Crippen LogP contribution is 2.29. The molecule has 0 aliphatic heterocycles. The molecule has 2 amide bonds. The highest BCUT2D eigenvalue weighted by Gasteiger charge is 2.35. The van der Waals surface area contributed by atoms with Gasteiger partial charge >= 0.3 is 0 Å². The van der Waals surface area contributed by atoms with Gasteiger partial charge in [0.25, 0.3) is 0 Å². The summed E-state index contributed by atoms with van der Waals surface area (Å²) in [6.07, 6.45) is 5.13. The first-order valence-electron chi connectivity index (χ1n) is 14.1. The molecule has 1 atom stereocenters. The van der Waals surface area contributed by atoms with Crippen LogP contribution in [-0.2, 0) is 32.6 Å². The van der Waals surface area contributed by atoms with Gasteiger partial charge in [0.1, 0.15) is 12.6 Å². The normalized spacial score (nSPS) is 14.4. The van der Waals surface area contributed by atoms with E-state index in [4.69, 9.17) is 23.2 Å². The van der Waals surface area contributed by atoms with Crippen molar-refractivity contribution >= 4 is 50.7 Å². The summed E-state index contributed by atoms with van der Waals surface area (Å²) in [5.74, 6) is -0.834. The van der Waals surface area contributed by atoms with Gasteiger partial charge in [0.15, 0.2) is 0 Å². The molecule has 7 nitrogen and oxygen atoms in total. The van der Waals surface area contributed by atoms with Gasteiger partial charge in [-0.05, 0) is 61.6 Å². The lowest BCUT2D eigenvalue weighted by molar-refractivity contribution is -0.140. The molecule has 1 unspecified atom stereocenters. The van der Waals surface area contributed by atoms with Gasteiger partial charge in [0, 0.05) is 34.6 Å². The van der Waals surface area contributed by atoms with E-state index in [1.165, 1.54) is 4.90 Å². The summed E-state index contributed by atoms with van der Waals surface area (Å²) in [7, 11) is -3.87. The second-order valence-electron chi connectivity index (χ2n) is 11.0. The monoisotopic (exact) mass is 629 g/mol. The lowest BCUT2D eigenvalue weighted by Crippen LogP contribution is -2.54. The van der Waals surface area contributed by atoms with E-state index in [1.54, 1.807) is 31.2 Å². The van der Waals surface area contributed by atoms with Crippen LogP contribution in [0.15, 0.2) is 66.7 Å². The Bertz CT molecular complexity index is 1510. The Kier molecular flexibility index (Phi) is 10.6. The molecule has 0 heterocycles. The van der Waals surface area contributed by atoms with Crippen LogP contribution >= 0.6 is 23.2 Å². The van der Waals surface area contributed by atoms with Gasteiger partial charge in [-0.15, -0.1) is 0 Å². The SMILES string of the molecule is Cc1ccc(C)c(N(CC(=O)N(Cc2c(Cl)cccc2Cl)C(Cc2ccccc2)C(=O)NC2CCCC2)S(C)(=O)=O)c1. The van der Waals surface area contributed by atoms with Crippen molar-refractivity contribution in [3.05, 3.63) is 99.0 Å². The van der Waals surface area contributed by atoms with Crippen molar-refractivity contribution in [3.63, 3.8) is 0 Å². The largest absolute Gasteiger partial charge is 0.352 e. The maximum absolute atomic E-state index is 14.3. The van der Waals surface area contributed by atoms with E-state index in [-0.39, 0.29) is 24.9 Å². The first-order valence-corrected chi connectivity index (χ1v) is 16.7. The predicted molar refractivity (Wildman–Crippen MR) is 169 cm³/mol. The number of carbonyl (C=O) groups excluding carboxylic acids is 2. The molecule has 1 N–H and O–H groups in total. The lowest BCUT2D eigenvalue weighted by Gasteiger charge is -2.34. The van der Waals surface area contributed by atoms with Crippen LogP contribution in [0.5, 0.6) is 0 Å². The molecule has 0 spiro atoms. The number of rotatable bonds is 11. The number of aryl methyl sites for hydroxylation is 2. The summed E-state index contributed by atoms with van der Waals surface area (Å²) in [5, 5.41) is 3.85. The highest BCUT2D eigenvalue weighted by molar-refractivity contribution is 7.92. The Morgan fingerprint density at radius 1 is 0.952 bits per heavy atom. The van der Waals surface area contributed by atoms with Crippen LogP contribution in [0.4, 0.5) is 5.69 Å². The second kappa shape index (κ2) is 13.9. The van der Waals surface area contributed by atoms with E-state index in [9.17, 15) is 18.0 Å². The number of hydrogen-bond donors (Lipinski definition) is 1. The number of amides is 2. The number of nitrogens with zero attached hydrogens (tertiary/aromatic N) is 2. The molecule has 1 saturated carbocycles. The van der Waals surface area contributed by atoms with Crippen molar-refractivity contribution in [1.82, 2.24) is 10.2 Å². The summed E-state index contributed by atoms with van der Waals surface area (Å²) in [6, 6.07) is 19.0. The summed E-state index contributed by atoms with van der Waals surface area (Å²) in [4.78, 5) is 29.7. The number of sulfonamides is 1. The number of benzene rings is 3. The number of nitrogens with one attached hydrogen (secondary N) is 1. The van der Waals surface area contributed by atoms with Crippen LogP contribution in [0.3, 0.4) is 0 Å². The zero-order chi connectivity index (χ0) is 30.4. The van der Waals surface area contributed by atoms with Crippen LogP contribution in [0.2, 0.25) is 10.0 Å². The smallest absolute Gasteiger partial charge is 0.244 e. The number of hydrogen-bond acceptors (Lipinski definition) is 4. The first-order chi connectivity index (χ1) is 19.9. The number of halogens is 2. The van der Waals surface area contributed by atoms with E-state index < -0.39 is 28.5 Å². The molecule has 0 bridgehead atoms. The lowest BCUT2D eigenvalue weighted by atomic mass is 10.0. The molecule has 0 saturated heterocycles. The molecular formula is C32H37Cl2N3O4S. The maximum atomic E-state index is 14.3. The van der Waals surface area contributed by atoms with E-state index in [0.29, 0.717) is 26.9 Å². The molecule has 4 rings (SSSR count). The van der Waals surface area contributed by atoms with Crippen LogP contribution in [0.1, 0.15) is 47.9 Å². The summed E-state index contributed by atoms with van der Waals surface area (Å²) in [6.45, 7) is 3.09. The Morgan fingerprint density at radius 2 is 1.60 bits per heavy atom. The van der Waals surface area contributed by atoms with Crippen molar-refractivity contribution in [3.8, 4) is 0 Å². The topological polar surface area (TPSA) is 86.8 Å². The van der Waals surface area contributed by atoms with Crippen molar-refractivity contribution < 1.29 is 18.0 Å². The van der Waals surface area contributed by atoms with Crippen molar-refractivity contribution in [2.45, 2.75) is 64.6 Å². The van der Waals surface area contributed by atoms with Gasteiger partial charge in [0.05, 0.1) is 11.9 Å². The Morgan fingerprint density at radius 3 is 2.21 bits per heavy atom. The van der Waals surface area contributed by atoms with E-state index in [2.05, 4.69) is 5.32 Å². The standard InChI is InChI=1S/C32H37Cl2N3O4S/c1-22-16-17-23(2)29(18-22)37(42(3,40)41)21-31(38)36(20-26-27(33)14-9-15-28(26)34)30(19-24-10-5-4-6-11-24)32(39)35-25-12-7-8-13-25/h4-6,9-11,14-18,25,30H,7-8,12-13,19-21H2,1-3H3,(H,35,39). The molecule has 42 heavy (non-hydrogen) atoms. The average molecular weight is 631 g/mol. The minimum Gasteiger partial charge on any atom is -0.352 e. The van der Waals surface area contributed by atoms with Gasteiger partial charge in [0.2, 0.25) is 21.8 Å². The van der Waals surface area contributed by atoms with Gasteiger partial charge in [-0.3, -0.25) is 13.9 Å². The second-order valence-corrected chi connectivity index (χ2v) is 13.7. The van der Waals surface area contributed by atoms with Crippen molar-refractivity contribution in [1.29, 1.82) is 0 Å². The summed E-state index contributed by atoms with van der Waals surface area (Å²) >= 11 is 13.1. The maximum Gasteiger partial charge on any atom is 0.244 e. The van der Waals surface area contributed by atoms with Crippen LogP contribution < -0.4 is 9.62 Å². The third-order valence-corrected chi connectivity index (χ3v) is 9.51. The predicted octanol–water partition coefficient (Wildman–Crippen LogP) is 6.08. The molecule has 1 fully saturated rings. The van der Waals surface area contributed by atoms with E-state index in [1.807, 2.05) is 49.4 Å². The summed E-state index contributed by atoms with van der Waals surface area (Å²) < 4.78 is 27.3. The Balaban J connectivity index is 1.78. The highest BCUT2D eigenvalue weighted by atomic mass is 35.5. The fraction of sp³-hybridized carbons (Fsp3) is 0.375. The molecule has 1 aliphatic rings. The van der Waals surface area contributed by atoms with E-state index in [0.717, 1.165) is 47.4 Å². The van der Waals surface area contributed by atoms with Gasteiger partial charge in [-0.1, -0.05) is 84.6 Å². The van der Waals surface area contributed by atoms with Crippen LogP contribution in [0.25, 0.3) is 0 Å². The van der Waals surface area contributed by atoms with Crippen molar-refractivity contribution in [2.24, 2.45) is 0 Å². The minimum atomic E-state index is -3.87. The molecule has 3 aromatic rings. The molecule has 224 valence electrons. The third kappa shape index (κ3) is 8.06. The average Bonchev–Trinajstić information content (AvgIpc) is 3.45. The molecule has 10 heteroatoms. The summed E-state index contributed by atoms with van der Waals surface area (Å²) in [5.41, 5.74) is 3.32. The molecule has 1 aliphatic carbocycles. The fourth-order valence-corrected chi connectivity index (χ4v) is 6.77. The molecule has 0 radical (unpaired) electrons. The Hall–Kier alpha value is -3.07. The zero-order valence-electron chi connectivity index (χ0n) is 24.1. The number of anilines is 1. The minimum absolute atomic E-state index is 0.0269. The Labute approximate surface area is 258 Å². The first kappa shape index (κ1) is 31.9. The molecule has 0 aromatic heterocycles. The van der Waals surface area contributed by atoms with Crippen LogP contribution in [-0.4, -0.2) is 50.0 Å². The number of carbonyl (C=O) groups is 2. The molecule has 3 aromatic carbocycles. The van der Waals surface area contributed by atoms with Gasteiger partial charge < -0.3 is 10.2 Å².